The average molecular weight is 238 g/mol. The van der Waals surface area contributed by atoms with E-state index >= 15 is 0 Å². The zero-order chi connectivity index (χ0) is 12.7. The first-order valence-corrected chi connectivity index (χ1v) is 4.63. The molecule has 17 heavy (non-hydrogen) atoms. The molecule has 0 aromatic carbocycles. The summed E-state index contributed by atoms with van der Waals surface area (Å²) in [6.45, 7) is -0.778. The van der Waals surface area contributed by atoms with Gasteiger partial charge in [-0.05, 0) is 6.07 Å². The van der Waals surface area contributed by atoms with Crippen molar-refractivity contribution >= 4 is 17.8 Å². The lowest BCUT2D eigenvalue weighted by molar-refractivity contribution is -0.137. The van der Waals surface area contributed by atoms with E-state index in [1.54, 1.807) is 0 Å². The quantitative estimate of drug-likeness (QED) is 0.568. The normalized spacial score (nSPS) is 9.41. The van der Waals surface area contributed by atoms with Crippen molar-refractivity contribution in [3.05, 3.63) is 24.0 Å². The molecule has 0 saturated heterocycles. The van der Waals surface area contributed by atoms with Crippen molar-refractivity contribution < 1.29 is 19.5 Å². The molecule has 0 radical (unpaired) electrons. The number of aromatic nitrogens is 2. The Balaban J connectivity index is 2.34. The van der Waals surface area contributed by atoms with Crippen molar-refractivity contribution in [2.45, 2.75) is 0 Å². The second kappa shape index (κ2) is 6.16. The molecule has 0 saturated carbocycles. The SMILES string of the molecule is O=C(O)CNC(=O)CNC(=O)c1ccnnc1. The number of carboxylic acid groups (broad SMARTS) is 1. The van der Waals surface area contributed by atoms with Gasteiger partial charge in [0, 0.05) is 0 Å². The number of nitrogens with zero attached hydrogens (tertiary/aromatic N) is 2. The number of hydrogen-bond donors (Lipinski definition) is 3. The maximum Gasteiger partial charge on any atom is 0.322 e. The molecule has 1 heterocycles. The number of nitrogens with one attached hydrogen (secondary N) is 2. The molecule has 1 aromatic heterocycles. The molecule has 8 heteroatoms. The highest BCUT2D eigenvalue weighted by molar-refractivity contribution is 5.96. The molecule has 0 spiro atoms. The fourth-order valence-electron chi connectivity index (χ4n) is 0.924. The van der Waals surface area contributed by atoms with Crippen LogP contribution in [-0.2, 0) is 9.59 Å². The van der Waals surface area contributed by atoms with E-state index in [9.17, 15) is 14.4 Å². The van der Waals surface area contributed by atoms with Gasteiger partial charge >= 0.3 is 5.97 Å². The minimum absolute atomic E-state index is 0.269. The first-order valence-electron chi connectivity index (χ1n) is 4.63. The molecule has 1 aromatic rings. The molecule has 0 aliphatic heterocycles. The van der Waals surface area contributed by atoms with Crippen molar-refractivity contribution in [3.8, 4) is 0 Å². The summed E-state index contributed by atoms with van der Waals surface area (Å²) in [7, 11) is 0. The Morgan fingerprint density at radius 2 is 1.94 bits per heavy atom. The number of carbonyl (C=O) groups is 3. The third-order valence-electron chi connectivity index (χ3n) is 1.69. The summed E-state index contributed by atoms with van der Waals surface area (Å²) >= 11 is 0. The van der Waals surface area contributed by atoms with Crippen LogP contribution in [0, 0.1) is 0 Å². The van der Waals surface area contributed by atoms with E-state index in [0.29, 0.717) is 0 Å². The predicted octanol–water partition coefficient (Wildman–Crippen LogP) is -1.59. The molecule has 0 aliphatic carbocycles. The third-order valence-corrected chi connectivity index (χ3v) is 1.69. The molecule has 3 N–H and O–H groups in total. The number of carboxylic acids is 1. The van der Waals surface area contributed by atoms with E-state index in [1.165, 1.54) is 18.5 Å². The van der Waals surface area contributed by atoms with Crippen molar-refractivity contribution in [2.24, 2.45) is 0 Å². The summed E-state index contributed by atoms with van der Waals surface area (Å²) in [5.74, 6) is -2.21. The van der Waals surface area contributed by atoms with E-state index < -0.39 is 24.3 Å². The molecule has 1 rings (SSSR count). The standard InChI is InChI=1S/C9H10N4O4/c14-7(10-5-8(15)16)4-11-9(17)6-1-2-12-13-3-6/h1-3H,4-5H2,(H,10,14)(H,11,17)(H,15,16). The second-order valence-corrected chi connectivity index (χ2v) is 2.98. The highest BCUT2D eigenvalue weighted by Gasteiger charge is 2.08. The monoisotopic (exact) mass is 238 g/mol. The Morgan fingerprint density at radius 3 is 2.53 bits per heavy atom. The van der Waals surface area contributed by atoms with Gasteiger partial charge in [0.1, 0.15) is 6.54 Å². The van der Waals surface area contributed by atoms with Crippen LogP contribution >= 0.6 is 0 Å². The van der Waals surface area contributed by atoms with Gasteiger partial charge in [0.2, 0.25) is 5.91 Å². The minimum Gasteiger partial charge on any atom is -0.480 e. The molecule has 8 nitrogen and oxygen atoms in total. The molecule has 90 valence electrons. The molecule has 0 fully saturated rings. The lowest BCUT2D eigenvalue weighted by Gasteiger charge is -2.04. The number of carbonyl (C=O) groups excluding carboxylic acids is 2. The molecule has 0 bridgehead atoms. The molecular weight excluding hydrogens is 228 g/mol. The lowest BCUT2D eigenvalue weighted by Crippen LogP contribution is -2.39. The predicted molar refractivity (Wildman–Crippen MR) is 55.0 cm³/mol. The molecule has 2 amide bonds. The van der Waals surface area contributed by atoms with Crippen LogP contribution < -0.4 is 10.6 Å². The molecular formula is C9H10N4O4. The van der Waals surface area contributed by atoms with Crippen LogP contribution in [0.15, 0.2) is 18.5 Å². The Hall–Kier alpha value is -2.51. The van der Waals surface area contributed by atoms with Crippen molar-refractivity contribution in [1.29, 1.82) is 0 Å². The molecule has 0 aliphatic rings. The van der Waals surface area contributed by atoms with Crippen LogP contribution in [0.4, 0.5) is 0 Å². The summed E-state index contributed by atoms with van der Waals surface area (Å²) < 4.78 is 0. The van der Waals surface area contributed by atoms with Gasteiger partial charge in [-0.3, -0.25) is 14.4 Å². The van der Waals surface area contributed by atoms with Gasteiger partial charge in [0.05, 0.1) is 24.5 Å². The Morgan fingerprint density at radius 1 is 1.18 bits per heavy atom. The number of hydrogen-bond acceptors (Lipinski definition) is 5. The fourth-order valence-corrected chi connectivity index (χ4v) is 0.924. The minimum atomic E-state index is -1.15. The average Bonchev–Trinajstić information content (AvgIpc) is 2.34. The van der Waals surface area contributed by atoms with E-state index in [-0.39, 0.29) is 12.1 Å². The van der Waals surface area contributed by atoms with Gasteiger partial charge in [0.25, 0.3) is 5.91 Å². The van der Waals surface area contributed by atoms with Crippen molar-refractivity contribution in [3.63, 3.8) is 0 Å². The van der Waals surface area contributed by atoms with Crippen LogP contribution in [0.1, 0.15) is 10.4 Å². The number of amides is 2. The van der Waals surface area contributed by atoms with Crippen LogP contribution in [0.2, 0.25) is 0 Å². The van der Waals surface area contributed by atoms with Crippen molar-refractivity contribution in [2.75, 3.05) is 13.1 Å². The molecule has 0 unspecified atom stereocenters. The zero-order valence-electron chi connectivity index (χ0n) is 8.71. The number of aliphatic carboxylic acids is 1. The Bertz CT molecular complexity index is 420. The lowest BCUT2D eigenvalue weighted by atomic mass is 10.3. The third kappa shape index (κ3) is 4.69. The van der Waals surface area contributed by atoms with E-state index in [4.69, 9.17) is 5.11 Å². The summed E-state index contributed by atoms with van der Waals surface area (Å²) in [5, 5.41) is 19.7. The number of rotatable bonds is 5. The van der Waals surface area contributed by atoms with Crippen LogP contribution in [-0.4, -0.2) is 46.2 Å². The highest BCUT2D eigenvalue weighted by Crippen LogP contribution is 1.92. The smallest absolute Gasteiger partial charge is 0.322 e. The van der Waals surface area contributed by atoms with E-state index in [0.717, 1.165) is 0 Å². The van der Waals surface area contributed by atoms with Crippen LogP contribution in [0.5, 0.6) is 0 Å². The van der Waals surface area contributed by atoms with Gasteiger partial charge in [-0.15, -0.1) is 0 Å². The maximum atomic E-state index is 11.4. The summed E-state index contributed by atoms with van der Waals surface area (Å²) in [5.41, 5.74) is 0.269. The molecule has 0 atom stereocenters. The van der Waals surface area contributed by atoms with E-state index in [1.807, 2.05) is 0 Å². The van der Waals surface area contributed by atoms with Crippen LogP contribution in [0.25, 0.3) is 0 Å². The van der Waals surface area contributed by atoms with Gasteiger partial charge < -0.3 is 15.7 Å². The second-order valence-electron chi connectivity index (χ2n) is 2.98. The zero-order valence-corrected chi connectivity index (χ0v) is 8.71. The first-order chi connectivity index (χ1) is 8.09. The van der Waals surface area contributed by atoms with Gasteiger partial charge in [-0.1, -0.05) is 0 Å². The fraction of sp³-hybridized carbons (Fsp3) is 0.222. The van der Waals surface area contributed by atoms with Crippen molar-refractivity contribution in [1.82, 2.24) is 20.8 Å². The topological polar surface area (TPSA) is 121 Å². The summed E-state index contributed by atoms with van der Waals surface area (Å²) in [6, 6.07) is 1.44. The highest BCUT2D eigenvalue weighted by atomic mass is 16.4. The first kappa shape index (κ1) is 12.6. The van der Waals surface area contributed by atoms with Gasteiger partial charge in [0.15, 0.2) is 0 Å². The Kier molecular flexibility index (Phi) is 4.55. The maximum absolute atomic E-state index is 11.4. The van der Waals surface area contributed by atoms with Gasteiger partial charge in [-0.2, -0.15) is 10.2 Å². The van der Waals surface area contributed by atoms with E-state index in [2.05, 4.69) is 20.8 Å². The summed E-state index contributed by atoms with van der Waals surface area (Å²) in [4.78, 5) is 32.6. The van der Waals surface area contributed by atoms with Gasteiger partial charge in [-0.25, -0.2) is 0 Å². The summed E-state index contributed by atoms with van der Waals surface area (Å²) in [6.07, 6.45) is 2.60. The van der Waals surface area contributed by atoms with Crippen LogP contribution in [0.3, 0.4) is 0 Å². The largest absolute Gasteiger partial charge is 0.480 e. The Labute approximate surface area is 96.0 Å².